The van der Waals surface area contributed by atoms with Crippen LogP contribution >= 0.6 is 11.3 Å². The van der Waals surface area contributed by atoms with Crippen LogP contribution in [0.25, 0.3) is 0 Å². The molecule has 1 aromatic heterocycles. The smallest absolute Gasteiger partial charge is 0.323 e. The van der Waals surface area contributed by atoms with Crippen LogP contribution in [0.5, 0.6) is 0 Å². The molecule has 0 aliphatic heterocycles. The first-order chi connectivity index (χ1) is 7.00. The molecule has 1 aromatic rings. The van der Waals surface area contributed by atoms with Crippen molar-refractivity contribution >= 4 is 23.3 Å². The number of hydrogen-bond acceptors (Lipinski definition) is 4. The van der Waals surface area contributed by atoms with E-state index >= 15 is 0 Å². The molecule has 1 heterocycles. The zero-order valence-corrected chi connectivity index (χ0v) is 9.34. The summed E-state index contributed by atoms with van der Waals surface area (Å²) in [7, 11) is 1.19. The predicted octanol–water partition coefficient (Wildman–Crippen LogP) is 1.55. The van der Waals surface area contributed by atoms with Crippen molar-refractivity contribution in [2.45, 2.75) is 13.3 Å². The molecule has 4 nitrogen and oxygen atoms in total. The first-order valence-corrected chi connectivity index (χ1v) is 5.28. The Morgan fingerprint density at radius 1 is 1.60 bits per heavy atom. The summed E-state index contributed by atoms with van der Waals surface area (Å²) < 4.78 is 4.51. The number of methoxy groups -OCH3 is 1. The van der Waals surface area contributed by atoms with Crippen LogP contribution in [0.2, 0.25) is 0 Å². The van der Waals surface area contributed by atoms with Crippen molar-refractivity contribution < 1.29 is 19.4 Å². The van der Waals surface area contributed by atoms with Gasteiger partial charge in [0.2, 0.25) is 0 Å². The number of rotatable bonds is 4. The van der Waals surface area contributed by atoms with Gasteiger partial charge in [0, 0.05) is 0 Å². The Morgan fingerprint density at radius 2 is 2.27 bits per heavy atom. The van der Waals surface area contributed by atoms with Crippen molar-refractivity contribution in [3.05, 3.63) is 22.4 Å². The number of carboxylic acid groups (broad SMARTS) is 1. The maximum absolute atomic E-state index is 11.4. The van der Waals surface area contributed by atoms with Gasteiger partial charge >= 0.3 is 11.9 Å². The van der Waals surface area contributed by atoms with E-state index in [0.717, 1.165) is 5.56 Å². The number of carboxylic acids is 1. The molecular weight excluding hydrogens is 216 g/mol. The molecular formula is C10H12O4S. The largest absolute Gasteiger partial charge is 0.480 e. The van der Waals surface area contributed by atoms with E-state index in [1.54, 1.807) is 6.07 Å². The maximum atomic E-state index is 11.4. The molecule has 0 amide bonds. The Morgan fingerprint density at radius 3 is 2.67 bits per heavy atom. The molecule has 82 valence electrons. The second kappa shape index (κ2) is 4.44. The van der Waals surface area contributed by atoms with Gasteiger partial charge in [-0.3, -0.25) is 9.59 Å². The third-order valence-corrected chi connectivity index (χ3v) is 2.98. The lowest BCUT2D eigenvalue weighted by Gasteiger charge is -2.20. The quantitative estimate of drug-likeness (QED) is 0.627. The van der Waals surface area contributed by atoms with Gasteiger partial charge < -0.3 is 9.84 Å². The van der Waals surface area contributed by atoms with Crippen LogP contribution in [0.15, 0.2) is 16.8 Å². The lowest BCUT2D eigenvalue weighted by Crippen LogP contribution is -2.39. The number of aliphatic carboxylic acids is 1. The zero-order valence-electron chi connectivity index (χ0n) is 8.52. The number of thiophene rings is 1. The van der Waals surface area contributed by atoms with E-state index in [0.29, 0.717) is 0 Å². The molecule has 0 saturated heterocycles. The van der Waals surface area contributed by atoms with Gasteiger partial charge in [0.1, 0.15) is 0 Å². The van der Waals surface area contributed by atoms with E-state index in [1.807, 2.05) is 10.8 Å². The number of carbonyl (C=O) groups is 2. The lowest BCUT2D eigenvalue weighted by molar-refractivity contribution is -0.165. The highest BCUT2D eigenvalue weighted by atomic mass is 32.1. The second-order valence-corrected chi connectivity index (χ2v) is 4.22. The van der Waals surface area contributed by atoms with Crippen LogP contribution in [0.1, 0.15) is 12.5 Å². The maximum Gasteiger partial charge on any atom is 0.323 e. The summed E-state index contributed by atoms with van der Waals surface area (Å²) in [6.45, 7) is 1.37. The first-order valence-electron chi connectivity index (χ1n) is 4.33. The van der Waals surface area contributed by atoms with Crippen molar-refractivity contribution in [1.82, 2.24) is 0 Å². The molecule has 1 atom stereocenters. The molecule has 1 rings (SSSR count). The minimum absolute atomic E-state index is 0.151. The SMILES string of the molecule is COC(=O)C(C)(Cc1ccsc1)C(=O)O. The molecule has 1 unspecified atom stereocenters. The number of esters is 1. The fraction of sp³-hybridized carbons (Fsp3) is 0.400. The van der Waals surface area contributed by atoms with Crippen LogP contribution in [0, 0.1) is 5.41 Å². The van der Waals surface area contributed by atoms with Crippen LogP contribution in [-0.4, -0.2) is 24.2 Å². The third kappa shape index (κ3) is 2.36. The molecule has 0 fully saturated rings. The van der Waals surface area contributed by atoms with E-state index in [-0.39, 0.29) is 6.42 Å². The van der Waals surface area contributed by atoms with Crippen molar-refractivity contribution in [2.24, 2.45) is 5.41 Å². The Balaban J connectivity index is 2.92. The summed E-state index contributed by atoms with van der Waals surface area (Å²) >= 11 is 1.47. The van der Waals surface area contributed by atoms with Gasteiger partial charge in [-0.15, -0.1) is 0 Å². The summed E-state index contributed by atoms with van der Waals surface area (Å²) in [6, 6.07) is 1.80. The van der Waals surface area contributed by atoms with Gasteiger partial charge in [0.05, 0.1) is 7.11 Å². The lowest BCUT2D eigenvalue weighted by atomic mass is 9.84. The molecule has 5 heteroatoms. The van der Waals surface area contributed by atoms with Gasteiger partial charge in [-0.25, -0.2) is 0 Å². The van der Waals surface area contributed by atoms with Gasteiger partial charge in [-0.05, 0) is 35.7 Å². The van der Waals surface area contributed by atoms with Gasteiger partial charge in [0.15, 0.2) is 5.41 Å². The topological polar surface area (TPSA) is 63.6 Å². The Kier molecular flexibility index (Phi) is 3.47. The van der Waals surface area contributed by atoms with Crippen LogP contribution in [0.4, 0.5) is 0 Å². The van der Waals surface area contributed by atoms with Gasteiger partial charge in [0.25, 0.3) is 0 Å². The molecule has 0 saturated carbocycles. The van der Waals surface area contributed by atoms with E-state index in [1.165, 1.54) is 25.4 Å². The Bertz CT molecular complexity index is 358. The number of hydrogen-bond donors (Lipinski definition) is 1. The summed E-state index contributed by atoms with van der Waals surface area (Å²) in [4.78, 5) is 22.5. The van der Waals surface area contributed by atoms with E-state index in [9.17, 15) is 9.59 Å². The van der Waals surface area contributed by atoms with Gasteiger partial charge in [-0.1, -0.05) is 0 Å². The summed E-state index contributed by atoms with van der Waals surface area (Å²) in [6.07, 6.45) is 0.151. The average Bonchev–Trinajstić information content (AvgIpc) is 2.68. The molecule has 0 radical (unpaired) electrons. The average molecular weight is 228 g/mol. The fourth-order valence-electron chi connectivity index (χ4n) is 1.26. The highest BCUT2D eigenvalue weighted by Gasteiger charge is 2.42. The molecule has 0 aliphatic rings. The highest BCUT2D eigenvalue weighted by molar-refractivity contribution is 7.07. The third-order valence-electron chi connectivity index (χ3n) is 2.25. The molecule has 0 spiro atoms. The van der Waals surface area contributed by atoms with Crippen molar-refractivity contribution in [3.8, 4) is 0 Å². The number of carbonyl (C=O) groups excluding carboxylic acids is 1. The van der Waals surface area contributed by atoms with Crippen LogP contribution in [-0.2, 0) is 20.7 Å². The summed E-state index contributed by atoms with van der Waals surface area (Å²) in [5.74, 6) is -1.89. The minimum atomic E-state index is -1.50. The summed E-state index contributed by atoms with van der Waals surface area (Å²) in [5, 5.41) is 12.7. The van der Waals surface area contributed by atoms with E-state index in [2.05, 4.69) is 4.74 Å². The molecule has 1 N–H and O–H groups in total. The second-order valence-electron chi connectivity index (χ2n) is 3.44. The zero-order chi connectivity index (χ0) is 11.5. The Hall–Kier alpha value is -1.36. The normalized spacial score (nSPS) is 14.3. The van der Waals surface area contributed by atoms with Crippen molar-refractivity contribution in [1.29, 1.82) is 0 Å². The molecule has 0 aliphatic carbocycles. The standard InChI is InChI=1S/C10H12O4S/c1-10(8(11)12,9(13)14-2)5-7-3-4-15-6-7/h3-4,6H,5H2,1-2H3,(H,11,12). The van der Waals surface area contributed by atoms with E-state index < -0.39 is 17.4 Å². The fourth-order valence-corrected chi connectivity index (χ4v) is 1.93. The van der Waals surface area contributed by atoms with Crippen molar-refractivity contribution in [3.63, 3.8) is 0 Å². The minimum Gasteiger partial charge on any atom is -0.480 e. The monoisotopic (exact) mass is 228 g/mol. The molecule has 0 aromatic carbocycles. The van der Waals surface area contributed by atoms with Crippen molar-refractivity contribution in [2.75, 3.05) is 7.11 Å². The summed E-state index contributed by atoms with van der Waals surface area (Å²) in [5.41, 5.74) is -0.675. The Labute approximate surface area is 91.5 Å². The highest BCUT2D eigenvalue weighted by Crippen LogP contribution is 2.25. The number of ether oxygens (including phenoxy) is 1. The molecule has 15 heavy (non-hydrogen) atoms. The molecule has 0 bridgehead atoms. The van der Waals surface area contributed by atoms with E-state index in [4.69, 9.17) is 5.11 Å². The van der Waals surface area contributed by atoms with Crippen LogP contribution in [0.3, 0.4) is 0 Å². The van der Waals surface area contributed by atoms with Gasteiger partial charge in [-0.2, -0.15) is 11.3 Å². The first kappa shape index (κ1) is 11.7. The van der Waals surface area contributed by atoms with Crippen LogP contribution < -0.4 is 0 Å². The predicted molar refractivity (Wildman–Crippen MR) is 55.8 cm³/mol.